The number of H-pyrrole nitrogens is 1. The van der Waals surface area contributed by atoms with Gasteiger partial charge in [-0.15, -0.1) is 11.3 Å². The van der Waals surface area contributed by atoms with E-state index in [1.165, 1.54) is 36.1 Å². The highest BCUT2D eigenvalue weighted by molar-refractivity contribution is 7.71. The van der Waals surface area contributed by atoms with Crippen molar-refractivity contribution < 1.29 is 0 Å². The summed E-state index contributed by atoms with van der Waals surface area (Å²) < 4.78 is 2.58. The van der Waals surface area contributed by atoms with Gasteiger partial charge in [0.2, 0.25) is 0 Å². The van der Waals surface area contributed by atoms with Gasteiger partial charge in [-0.3, -0.25) is 9.36 Å². The summed E-state index contributed by atoms with van der Waals surface area (Å²) in [6, 6.07) is 0.348. The maximum atomic E-state index is 13.1. The standard InChI is InChI=1S/C16H18N2OS2/c19-15-13-10-2-1-3-12(10)21-14(13)17-16(20)18(15)11-7-8-4-5-9(11)6-8/h8-9,11H,1-7H2,(H,17,20). The molecule has 0 spiro atoms. The molecule has 3 aliphatic rings. The second-order valence-electron chi connectivity index (χ2n) is 6.91. The van der Waals surface area contributed by atoms with Crippen LogP contribution in [0.1, 0.15) is 48.6 Å². The zero-order chi connectivity index (χ0) is 14.1. The number of nitrogens with zero attached hydrogens (tertiary/aromatic N) is 1. The van der Waals surface area contributed by atoms with E-state index in [9.17, 15) is 4.79 Å². The number of thiophene rings is 1. The summed E-state index contributed by atoms with van der Waals surface area (Å²) in [5, 5.41) is 0.948. The van der Waals surface area contributed by atoms with Gasteiger partial charge in [-0.1, -0.05) is 6.42 Å². The summed E-state index contributed by atoms with van der Waals surface area (Å²) in [7, 11) is 0. The van der Waals surface area contributed by atoms with E-state index in [0.29, 0.717) is 16.7 Å². The lowest BCUT2D eigenvalue weighted by Crippen LogP contribution is -2.29. The third kappa shape index (κ3) is 1.65. The molecule has 3 aliphatic carbocycles. The largest absolute Gasteiger partial charge is 0.323 e. The van der Waals surface area contributed by atoms with Gasteiger partial charge >= 0.3 is 0 Å². The number of aromatic amines is 1. The van der Waals surface area contributed by atoms with Crippen LogP contribution in [0.5, 0.6) is 0 Å². The molecule has 0 saturated heterocycles. The van der Waals surface area contributed by atoms with Gasteiger partial charge < -0.3 is 4.98 Å². The van der Waals surface area contributed by atoms with Crippen LogP contribution in [0.15, 0.2) is 4.79 Å². The summed E-state index contributed by atoms with van der Waals surface area (Å²) >= 11 is 7.29. The smallest absolute Gasteiger partial charge is 0.263 e. The number of hydrogen-bond donors (Lipinski definition) is 1. The Morgan fingerprint density at radius 2 is 2.14 bits per heavy atom. The number of nitrogens with one attached hydrogen (secondary N) is 1. The molecule has 2 aromatic rings. The minimum absolute atomic E-state index is 0.186. The monoisotopic (exact) mass is 318 g/mol. The van der Waals surface area contributed by atoms with E-state index in [2.05, 4.69) is 4.98 Å². The van der Waals surface area contributed by atoms with E-state index in [1.807, 2.05) is 4.57 Å². The predicted molar refractivity (Wildman–Crippen MR) is 87.8 cm³/mol. The minimum atomic E-state index is 0.186. The van der Waals surface area contributed by atoms with Gasteiger partial charge in [0.25, 0.3) is 5.56 Å². The van der Waals surface area contributed by atoms with Crippen molar-refractivity contribution in [3.05, 3.63) is 25.6 Å². The summed E-state index contributed by atoms with van der Waals surface area (Å²) in [5.74, 6) is 1.50. The molecule has 1 N–H and O–H groups in total. The molecule has 5 rings (SSSR count). The number of fused-ring (bicyclic) bond motifs is 5. The fourth-order valence-corrected chi connectivity index (χ4v) is 6.58. The molecule has 2 heterocycles. The van der Waals surface area contributed by atoms with E-state index >= 15 is 0 Å². The fraction of sp³-hybridized carbons (Fsp3) is 0.625. The maximum Gasteiger partial charge on any atom is 0.263 e. The maximum absolute atomic E-state index is 13.1. The quantitative estimate of drug-likeness (QED) is 0.808. The first-order valence-corrected chi connectivity index (χ1v) is 9.24. The van der Waals surface area contributed by atoms with Crippen LogP contribution in [0, 0.1) is 16.6 Å². The van der Waals surface area contributed by atoms with E-state index in [0.717, 1.165) is 35.4 Å². The van der Waals surface area contributed by atoms with Crippen molar-refractivity contribution in [2.45, 2.75) is 51.0 Å². The van der Waals surface area contributed by atoms with Crippen LogP contribution in [-0.4, -0.2) is 9.55 Å². The first-order chi connectivity index (χ1) is 10.2. The summed E-state index contributed by atoms with van der Waals surface area (Å²) in [6.45, 7) is 0. The van der Waals surface area contributed by atoms with Crippen LogP contribution >= 0.6 is 23.6 Å². The number of rotatable bonds is 1. The van der Waals surface area contributed by atoms with Crippen LogP contribution in [0.3, 0.4) is 0 Å². The Morgan fingerprint density at radius 1 is 1.24 bits per heavy atom. The van der Waals surface area contributed by atoms with Gasteiger partial charge in [0.1, 0.15) is 4.83 Å². The van der Waals surface area contributed by atoms with Crippen LogP contribution < -0.4 is 5.56 Å². The SMILES string of the molecule is O=c1c2c3c(sc2[nH]c(=S)n1C1CC2CCC1C2)CCC3. The van der Waals surface area contributed by atoms with E-state index in [4.69, 9.17) is 12.2 Å². The van der Waals surface area contributed by atoms with E-state index in [-0.39, 0.29) is 5.56 Å². The Bertz CT molecular complexity index is 860. The molecule has 21 heavy (non-hydrogen) atoms. The Balaban J connectivity index is 1.77. The van der Waals surface area contributed by atoms with Crippen molar-refractivity contribution in [1.29, 1.82) is 0 Å². The van der Waals surface area contributed by atoms with Crippen LogP contribution in [-0.2, 0) is 12.8 Å². The van der Waals surface area contributed by atoms with Crippen LogP contribution in [0.4, 0.5) is 0 Å². The topological polar surface area (TPSA) is 37.8 Å². The highest BCUT2D eigenvalue weighted by atomic mass is 32.1. The molecule has 5 heteroatoms. The van der Waals surface area contributed by atoms with Gasteiger partial charge in [0.15, 0.2) is 4.77 Å². The van der Waals surface area contributed by atoms with Crippen LogP contribution in [0.2, 0.25) is 0 Å². The van der Waals surface area contributed by atoms with Gasteiger partial charge in [-0.2, -0.15) is 0 Å². The molecular weight excluding hydrogens is 300 g/mol. The van der Waals surface area contributed by atoms with E-state index in [1.54, 1.807) is 11.3 Å². The molecule has 0 amide bonds. The highest BCUT2D eigenvalue weighted by Gasteiger charge is 2.41. The Morgan fingerprint density at radius 3 is 2.90 bits per heavy atom. The molecule has 2 bridgehead atoms. The molecule has 2 aromatic heterocycles. The summed E-state index contributed by atoms with van der Waals surface area (Å²) in [5.41, 5.74) is 1.49. The van der Waals surface area contributed by atoms with Crippen molar-refractivity contribution in [2.75, 3.05) is 0 Å². The number of aromatic nitrogens is 2. The molecule has 0 radical (unpaired) electrons. The number of hydrogen-bond acceptors (Lipinski definition) is 3. The first kappa shape index (κ1) is 12.6. The highest BCUT2D eigenvalue weighted by Crippen LogP contribution is 2.50. The molecule has 0 aromatic carbocycles. The van der Waals surface area contributed by atoms with Crippen molar-refractivity contribution in [1.82, 2.24) is 9.55 Å². The van der Waals surface area contributed by atoms with Gasteiger partial charge in [0, 0.05) is 10.9 Å². The van der Waals surface area contributed by atoms with E-state index < -0.39 is 0 Å². The van der Waals surface area contributed by atoms with Crippen molar-refractivity contribution in [3.63, 3.8) is 0 Å². The molecular formula is C16H18N2OS2. The normalized spacial score (nSPS) is 30.4. The molecule has 2 fully saturated rings. The molecule has 0 aliphatic heterocycles. The average Bonchev–Trinajstić information content (AvgIpc) is 3.16. The lowest BCUT2D eigenvalue weighted by Gasteiger charge is -2.24. The molecule has 110 valence electrons. The van der Waals surface area contributed by atoms with Gasteiger partial charge in [0.05, 0.1) is 5.39 Å². The third-order valence-electron chi connectivity index (χ3n) is 5.83. The Hall–Kier alpha value is -0.940. The predicted octanol–water partition coefficient (Wildman–Crippen LogP) is 3.97. The van der Waals surface area contributed by atoms with Crippen molar-refractivity contribution in [3.8, 4) is 0 Å². The van der Waals surface area contributed by atoms with Crippen LogP contribution in [0.25, 0.3) is 10.2 Å². The summed E-state index contributed by atoms with van der Waals surface area (Å²) in [4.78, 5) is 18.9. The molecule has 3 unspecified atom stereocenters. The van der Waals surface area contributed by atoms with Gasteiger partial charge in [-0.25, -0.2) is 0 Å². The van der Waals surface area contributed by atoms with Crippen molar-refractivity contribution >= 4 is 33.8 Å². The zero-order valence-electron chi connectivity index (χ0n) is 11.9. The first-order valence-electron chi connectivity index (χ1n) is 8.01. The Labute approximate surface area is 132 Å². The lowest BCUT2D eigenvalue weighted by molar-refractivity contribution is 0.319. The summed E-state index contributed by atoms with van der Waals surface area (Å²) in [6.07, 6.45) is 8.46. The van der Waals surface area contributed by atoms with Crippen molar-refractivity contribution in [2.24, 2.45) is 11.8 Å². The minimum Gasteiger partial charge on any atom is -0.323 e. The second-order valence-corrected chi connectivity index (χ2v) is 8.40. The second kappa shape index (κ2) is 4.29. The fourth-order valence-electron chi connectivity index (χ4n) is 4.92. The number of aryl methyl sites for hydroxylation is 2. The molecule has 2 saturated carbocycles. The van der Waals surface area contributed by atoms with Gasteiger partial charge in [-0.05, 0) is 68.1 Å². The average molecular weight is 318 g/mol. The Kier molecular flexibility index (Phi) is 2.57. The lowest BCUT2D eigenvalue weighted by atomic mass is 9.95. The third-order valence-corrected chi connectivity index (χ3v) is 7.33. The molecule has 3 atom stereocenters. The molecule has 3 nitrogen and oxygen atoms in total. The zero-order valence-corrected chi connectivity index (χ0v) is 13.5.